The first-order valence-electron chi connectivity index (χ1n) is 6.74. The Bertz CT molecular complexity index is 569. The Balaban J connectivity index is 2.28. The van der Waals surface area contributed by atoms with E-state index in [-0.39, 0.29) is 5.84 Å². The lowest BCUT2D eigenvalue weighted by Crippen LogP contribution is -2.58. The van der Waals surface area contributed by atoms with Crippen LogP contribution in [0.3, 0.4) is 0 Å². The maximum atomic E-state index is 13.6. The third kappa shape index (κ3) is 3.12. The summed E-state index contributed by atoms with van der Waals surface area (Å²) in [6, 6.07) is 2.65. The monoisotopic (exact) mass is 297 g/mol. The highest BCUT2D eigenvalue weighted by molar-refractivity contribution is 6.00. The Morgan fingerprint density at radius 3 is 2.57 bits per heavy atom. The molecule has 0 spiro atoms. The molecule has 0 atom stereocenters. The van der Waals surface area contributed by atoms with E-state index in [9.17, 15) is 13.6 Å². The highest BCUT2D eigenvalue weighted by atomic mass is 19.1. The van der Waals surface area contributed by atoms with Crippen molar-refractivity contribution in [3.8, 4) is 0 Å². The van der Waals surface area contributed by atoms with Gasteiger partial charge in [-0.1, -0.05) is 24.4 Å². The molecule has 0 unspecified atom stereocenters. The maximum absolute atomic E-state index is 13.6. The van der Waals surface area contributed by atoms with Crippen molar-refractivity contribution in [3.05, 3.63) is 35.4 Å². The Kier molecular flexibility index (Phi) is 4.40. The number of hydrogen-bond acceptors (Lipinski definition) is 3. The van der Waals surface area contributed by atoms with E-state index in [0.29, 0.717) is 12.8 Å². The molecule has 1 fully saturated rings. The van der Waals surface area contributed by atoms with Crippen LogP contribution in [0.25, 0.3) is 0 Å². The van der Waals surface area contributed by atoms with Crippen LogP contribution in [0.4, 0.5) is 8.78 Å². The molecule has 0 aliphatic heterocycles. The van der Waals surface area contributed by atoms with Crippen molar-refractivity contribution in [3.63, 3.8) is 0 Å². The average molecular weight is 297 g/mol. The number of benzene rings is 1. The standard InChI is InChI=1S/C14H17F2N3O2/c15-9-4-5-11(16)10(8-9)12(20)18-14(13(17)19-21)6-2-1-3-7-14/h4-5,8,21H,1-3,6-7H2,(H2,17,19)(H,18,20). The first-order valence-corrected chi connectivity index (χ1v) is 6.74. The summed E-state index contributed by atoms with van der Waals surface area (Å²) in [4.78, 5) is 12.2. The first kappa shape index (κ1) is 15.2. The summed E-state index contributed by atoms with van der Waals surface area (Å²) in [5, 5.41) is 14.5. The van der Waals surface area contributed by atoms with Gasteiger partial charge in [0.25, 0.3) is 5.91 Å². The van der Waals surface area contributed by atoms with Gasteiger partial charge in [0.05, 0.1) is 5.56 Å². The number of carbonyl (C=O) groups is 1. The molecule has 5 nitrogen and oxygen atoms in total. The maximum Gasteiger partial charge on any atom is 0.255 e. The predicted molar refractivity (Wildman–Crippen MR) is 73.0 cm³/mol. The first-order chi connectivity index (χ1) is 9.98. The summed E-state index contributed by atoms with van der Waals surface area (Å²) in [7, 11) is 0. The van der Waals surface area contributed by atoms with Crippen molar-refractivity contribution in [2.24, 2.45) is 10.9 Å². The van der Waals surface area contributed by atoms with Gasteiger partial charge in [-0.25, -0.2) is 8.78 Å². The van der Waals surface area contributed by atoms with Crippen LogP contribution < -0.4 is 11.1 Å². The van der Waals surface area contributed by atoms with Crippen LogP contribution in [0.1, 0.15) is 42.5 Å². The van der Waals surface area contributed by atoms with E-state index in [4.69, 9.17) is 10.9 Å². The minimum absolute atomic E-state index is 0.118. The summed E-state index contributed by atoms with van der Waals surface area (Å²) >= 11 is 0. The van der Waals surface area contributed by atoms with Crippen molar-refractivity contribution < 1.29 is 18.8 Å². The second kappa shape index (κ2) is 6.07. The fraction of sp³-hybridized carbons (Fsp3) is 0.429. The van der Waals surface area contributed by atoms with Crippen LogP contribution in [-0.4, -0.2) is 22.5 Å². The lowest BCUT2D eigenvalue weighted by Gasteiger charge is -2.36. The molecule has 2 rings (SSSR count). The molecule has 114 valence electrons. The number of amides is 1. The Labute approximate surface area is 120 Å². The molecule has 0 saturated heterocycles. The largest absolute Gasteiger partial charge is 0.409 e. The van der Waals surface area contributed by atoms with Crippen LogP contribution in [0.15, 0.2) is 23.4 Å². The summed E-state index contributed by atoms with van der Waals surface area (Å²) in [6.07, 6.45) is 3.55. The van der Waals surface area contributed by atoms with Gasteiger partial charge >= 0.3 is 0 Å². The zero-order valence-corrected chi connectivity index (χ0v) is 11.4. The van der Waals surface area contributed by atoms with E-state index in [1.165, 1.54) is 0 Å². The topological polar surface area (TPSA) is 87.7 Å². The number of nitrogens with two attached hydrogens (primary N) is 1. The smallest absolute Gasteiger partial charge is 0.255 e. The van der Waals surface area contributed by atoms with E-state index in [0.717, 1.165) is 37.5 Å². The Morgan fingerprint density at radius 2 is 1.95 bits per heavy atom. The third-order valence-electron chi connectivity index (χ3n) is 3.83. The molecule has 1 aromatic carbocycles. The Hall–Kier alpha value is -2.18. The molecule has 1 aliphatic rings. The van der Waals surface area contributed by atoms with Gasteiger partial charge in [0.1, 0.15) is 17.2 Å². The molecule has 0 radical (unpaired) electrons. The molecule has 0 heterocycles. The minimum Gasteiger partial charge on any atom is -0.409 e. The van der Waals surface area contributed by atoms with Crippen LogP contribution in [0, 0.1) is 11.6 Å². The molecular weight excluding hydrogens is 280 g/mol. The van der Waals surface area contributed by atoms with E-state index in [1.807, 2.05) is 0 Å². The van der Waals surface area contributed by atoms with Gasteiger partial charge in [0, 0.05) is 0 Å². The van der Waals surface area contributed by atoms with Gasteiger partial charge in [0.15, 0.2) is 5.84 Å². The fourth-order valence-corrected chi connectivity index (χ4v) is 2.65. The van der Waals surface area contributed by atoms with Gasteiger partial charge in [0.2, 0.25) is 0 Å². The van der Waals surface area contributed by atoms with Crippen molar-refractivity contribution >= 4 is 11.7 Å². The predicted octanol–water partition coefficient (Wildman–Crippen LogP) is 2.14. The molecule has 1 aliphatic carbocycles. The van der Waals surface area contributed by atoms with Gasteiger partial charge in [-0.3, -0.25) is 4.79 Å². The molecule has 0 aromatic heterocycles. The zero-order valence-electron chi connectivity index (χ0n) is 11.4. The fourth-order valence-electron chi connectivity index (χ4n) is 2.65. The van der Waals surface area contributed by atoms with Crippen molar-refractivity contribution in [2.75, 3.05) is 0 Å². The quantitative estimate of drug-likeness (QED) is 0.346. The van der Waals surface area contributed by atoms with Crippen molar-refractivity contribution in [2.45, 2.75) is 37.6 Å². The highest BCUT2D eigenvalue weighted by Gasteiger charge is 2.38. The highest BCUT2D eigenvalue weighted by Crippen LogP contribution is 2.29. The minimum atomic E-state index is -1.01. The average Bonchev–Trinajstić information content (AvgIpc) is 2.49. The molecule has 1 amide bonds. The van der Waals surface area contributed by atoms with Gasteiger partial charge in [-0.15, -0.1) is 0 Å². The summed E-state index contributed by atoms with van der Waals surface area (Å²) < 4.78 is 26.8. The Morgan fingerprint density at radius 1 is 1.29 bits per heavy atom. The zero-order chi connectivity index (χ0) is 15.5. The molecule has 21 heavy (non-hydrogen) atoms. The van der Waals surface area contributed by atoms with Crippen LogP contribution >= 0.6 is 0 Å². The van der Waals surface area contributed by atoms with Crippen molar-refractivity contribution in [1.29, 1.82) is 0 Å². The molecule has 4 N–H and O–H groups in total. The third-order valence-corrected chi connectivity index (χ3v) is 3.83. The van der Waals surface area contributed by atoms with E-state index >= 15 is 0 Å². The number of rotatable bonds is 3. The normalized spacial score (nSPS) is 18.3. The molecule has 7 heteroatoms. The number of nitrogens with one attached hydrogen (secondary N) is 1. The second-order valence-electron chi connectivity index (χ2n) is 5.21. The molecule has 1 saturated carbocycles. The summed E-state index contributed by atoms with van der Waals surface area (Å²) in [6.45, 7) is 0. The summed E-state index contributed by atoms with van der Waals surface area (Å²) in [5.41, 5.74) is 4.29. The lowest BCUT2D eigenvalue weighted by molar-refractivity contribution is 0.0901. The molecule has 1 aromatic rings. The number of hydrogen-bond donors (Lipinski definition) is 3. The number of amidine groups is 1. The van der Waals surface area contributed by atoms with Crippen molar-refractivity contribution in [1.82, 2.24) is 5.32 Å². The van der Waals surface area contributed by atoms with Gasteiger partial charge in [-0.05, 0) is 31.0 Å². The van der Waals surface area contributed by atoms with E-state index in [1.54, 1.807) is 0 Å². The lowest BCUT2D eigenvalue weighted by atomic mass is 9.80. The van der Waals surface area contributed by atoms with E-state index in [2.05, 4.69) is 10.5 Å². The number of nitrogens with zero attached hydrogens (tertiary/aromatic N) is 1. The van der Waals surface area contributed by atoms with Crippen LogP contribution in [-0.2, 0) is 0 Å². The summed E-state index contributed by atoms with van der Waals surface area (Å²) in [5.74, 6) is -2.42. The second-order valence-corrected chi connectivity index (χ2v) is 5.21. The van der Waals surface area contributed by atoms with E-state index < -0.39 is 28.6 Å². The van der Waals surface area contributed by atoms with Gasteiger partial charge in [-0.2, -0.15) is 0 Å². The van der Waals surface area contributed by atoms with Crippen LogP contribution in [0.2, 0.25) is 0 Å². The molecule has 0 bridgehead atoms. The number of halogens is 2. The van der Waals surface area contributed by atoms with Gasteiger partial charge < -0.3 is 16.3 Å². The molecular formula is C14H17F2N3O2. The SMILES string of the molecule is N/C(=N/O)C1(NC(=O)c2cc(F)ccc2F)CCCCC1. The number of carbonyl (C=O) groups excluding carboxylic acids is 1. The van der Waals surface area contributed by atoms with Crippen LogP contribution in [0.5, 0.6) is 0 Å². The number of oxime groups is 1.